The fourth-order valence-electron chi connectivity index (χ4n) is 3.61. The summed E-state index contributed by atoms with van der Waals surface area (Å²) in [5.74, 6) is -0.529. The average Bonchev–Trinajstić information content (AvgIpc) is 2.44. The van der Waals surface area contributed by atoms with Gasteiger partial charge in [-0.2, -0.15) is 13.2 Å². The molecule has 0 aromatic heterocycles. The maximum atomic E-state index is 12.2. The van der Waals surface area contributed by atoms with Gasteiger partial charge in [0.2, 0.25) is 5.91 Å². The largest absolute Gasteiger partial charge is 0.405 e. The van der Waals surface area contributed by atoms with Crippen LogP contribution in [0.3, 0.4) is 0 Å². The van der Waals surface area contributed by atoms with Gasteiger partial charge in [0.05, 0.1) is 6.04 Å². The molecule has 0 aromatic carbocycles. The molecule has 1 atom stereocenters. The fraction of sp³-hybridized carbons (Fsp3) is 0.929. The van der Waals surface area contributed by atoms with E-state index < -0.39 is 24.7 Å². The monoisotopic (exact) mass is 307 g/mol. The molecule has 7 heteroatoms. The summed E-state index contributed by atoms with van der Waals surface area (Å²) in [5.41, 5.74) is -0.0640. The molecular formula is C14H24F3N3O. The molecule has 1 aliphatic carbocycles. The Morgan fingerprint density at radius 2 is 2.00 bits per heavy atom. The Morgan fingerprint density at radius 3 is 2.62 bits per heavy atom. The van der Waals surface area contributed by atoms with Crippen molar-refractivity contribution in [1.82, 2.24) is 15.5 Å². The van der Waals surface area contributed by atoms with E-state index in [1.165, 1.54) is 6.42 Å². The Labute approximate surface area is 123 Å². The molecule has 1 unspecified atom stereocenters. The number of hydrogen-bond donors (Lipinski definition) is 2. The van der Waals surface area contributed by atoms with Gasteiger partial charge in [0, 0.05) is 25.2 Å². The van der Waals surface area contributed by atoms with Crippen molar-refractivity contribution in [1.29, 1.82) is 0 Å². The van der Waals surface area contributed by atoms with Crippen LogP contribution in [0.5, 0.6) is 0 Å². The Morgan fingerprint density at radius 1 is 1.33 bits per heavy atom. The van der Waals surface area contributed by atoms with E-state index in [0.29, 0.717) is 6.54 Å². The Bertz CT molecular complexity index is 359. The number of hydrogen-bond acceptors (Lipinski definition) is 3. The number of alkyl halides is 3. The predicted molar refractivity (Wildman–Crippen MR) is 73.9 cm³/mol. The van der Waals surface area contributed by atoms with Gasteiger partial charge < -0.3 is 10.6 Å². The summed E-state index contributed by atoms with van der Waals surface area (Å²) in [6.45, 7) is 2.77. The zero-order valence-electron chi connectivity index (χ0n) is 12.4. The Balaban J connectivity index is 2.01. The SMILES string of the molecule is CC(C(=O)NCC(F)(F)F)N1CCNCC12CCCCC2. The smallest absolute Gasteiger partial charge is 0.346 e. The second-order valence-corrected chi connectivity index (χ2v) is 6.16. The molecule has 4 nitrogen and oxygen atoms in total. The van der Waals surface area contributed by atoms with E-state index >= 15 is 0 Å². The van der Waals surface area contributed by atoms with E-state index in [9.17, 15) is 18.0 Å². The first-order chi connectivity index (χ1) is 9.84. The van der Waals surface area contributed by atoms with Gasteiger partial charge in [-0.15, -0.1) is 0 Å². The van der Waals surface area contributed by atoms with Crippen LogP contribution in [0, 0.1) is 0 Å². The lowest BCUT2D eigenvalue weighted by molar-refractivity contribution is -0.143. The summed E-state index contributed by atoms with van der Waals surface area (Å²) in [6.07, 6.45) is 1.10. The van der Waals surface area contributed by atoms with Crippen LogP contribution >= 0.6 is 0 Å². The molecule has 1 saturated heterocycles. The van der Waals surface area contributed by atoms with Gasteiger partial charge in [0.25, 0.3) is 0 Å². The third-order valence-electron chi connectivity index (χ3n) is 4.69. The van der Waals surface area contributed by atoms with Gasteiger partial charge in [-0.25, -0.2) is 0 Å². The van der Waals surface area contributed by atoms with Gasteiger partial charge in [0.1, 0.15) is 6.54 Å². The molecule has 1 saturated carbocycles. The lowest BCUT2D eigenvalue weighted by atomic mass is 9.78. The van der Waals surface area contributed by atoms with E-state index in [-0.39, 0.29) is 5.54 Å². The van der Waals surface area contributed by atoms with Crippen molar-refractivity contribution in [3.8, 4) is 0 Å². The van der Waals surface area contributed by atoms with E-state index in [1.54, 1.807) is 6.92 Å². The lowest BCUT2D eigenvalue weighted by Crippen LogP contribution is -2.66. The second kappa shape index (κ2) is 6.52. The number of rotatable bonds is 3. The van der Waals surface area contributed by atoms with Crippen molar-refractivity contribution in [3.05, 3.63) is 0 Å². The van der Waals surface area contributed by atoms with Crippen LogP contribution < -0.4 is 10.6 Å². The molecule has 2 rings (SSSR count). The van der Waals surface area contributed by atoms with Crippen LogP contribution in [0.1, 0.15) is 39.0 Å². The van der Waals surface area contributed by atoms with Gasteiger partial charge in [-0.05, 0) is 19.8 Å². The number of halogens is 3. The Hall–Kier alpha value is -0.820. The zero-order chi connectivity index (χ0) is 15.5. The molecule has 122 valence electrons. The summed E-state index contributed by atoms with van der Waals surface area (Å²) in [7, 11) is 0. The summed E-state index contributed by atoms with van der Waals surface area (Å²) in [5, 5.41) is 5.39. The average molecular weight is 307 g/mol. The van der Waals surface area contributed by atoms with E-state index in [4.69, 9.17) is 0 Å². The highest BCUT2D eigenvalue weighted by Gasteiger charge is 2.43. The van der Waals surface area contributed by atoms with E-state index in [0.717, 1.165) is 38.8 Å². The van der Waals surface area contributed by atoms with Crippen molar-refractivity contribution >= 4 is 5.91 Å². The highest BCUT2D eigenvalue weighted by atomic mass is 19.4. The van der Waals surface area contributed by atoms with Crippen molar-refractivity contribution in [2.45, 2.75) is 56.8 Å². The minimum atomic E-state index is -4.36. The number of nitrogens with zero attached hydrogens (tertiary/aromatic N) is 1. The second-order valence-electron chi connectivity index (χ2n) is 6.16. The molecule has 1 heterocycles. The minimum absolute atomic E-state index is 0.0640. The van der Waals surface area contributed by atoms with Crippen LogP contribution in [0.25, 0.3) is 0 Å². The molecule has 0 radical (unpaired) electrons. The summed E-state index contributed by atoms with van der Waals surface area (Å²) >= 11 is 0. The van der Waals surface area contributed by atoms with Gasteiger partial charge in [0.15, 0.2) is 0 Å². The molecule has 1 amide bonds. The van der Waals surface area contributed by atoms with Crippen LogP contribution in [0.15, 0.2) is 0 Å². The highest BCUT2D eigenvalue weighted by Crippen LogP contribution is 2.35. The Kier molecular flexibility index (Phi) is 5.14. The van der Waals surface area contributed by atoms with Gasteiger partial charge in [-0.1, -0.05) is 19.3 Å². The highest BCUT2D eigenvalue weighted by molar-refractivity contribution is 5.81. The molecule has 2 fully saturated rings. The quantitative estimate of drug-likeness (QED) is 0.833. The first kappa shape index (κ1) is 16.5. The molecule has 0 bridgehead atoms. The number of piperazine rings is 1. The number of nitrogens with one attached hydrogen (secondary N) is 2. The standard InChI is InChI=1S/C14H24F3N3O/c1-11(12(21)19-10-14(15,16)17)20-8-7-18-9-13(20)5-3-2-4-6-13/h11,18H,2-10H2,1H3,(H,19,21). The molecule has 0 aromatic rings. The van der Waals surface area contributed by atoms with E-state index in [1.807, 2.05) is 5.32 Å². The summed E-state index contributed by atoms with van der Waals surface area (Å²) in [6, 6.07) is -0.521. The van der Waals surface area contributed by atoms with Crippen molar-refractivity contribution in [2.75, 3.05) is 26.2 Å². The number of carbonyl (C=O) groups is 1. The third-order valence-corrected chi connectivity index (χ3v) is 4.69. The molecule has 21 heavy (non-hydrogen) atoms. The predicted octanol–water partition coefficient (Wildman–Crippen LogP) is 1.66. The van der Waals surface area contributed by atoms with Gasteiger partial charge >= 0.3 is 6.18 Å². The van der Waals surface area contributed by atoms with Gasteiger partial charge in [-0.3, -0.25) is 9.69 Å². The topological polar surface area (TPSA) is 44.4 Å². The number of carbonyl (C=O) groups excluding carboxylic acids is 1. The van der Waals surface area contributed by atoms with Crippen LogP contribution in [0.4, 0.5) is 13.2 Å². The summed E-state index contributed by atoms with van der Waals surface area (Å²) in [4.78, 5) is 14.2. The molecule has 2 N–H and O–H groups in total. The zero-order valence-corrected chi connectivity index (χ0v) is 12.4. The molecule has 1 spiro atoms. The molecule has 2 aliphatic rings. The number of amides is 1. The van der Waals surface area contributed by atoms with Crippen LogP contribution in [-0.2, 0) is 4.79 Å². The maximum absolute atomic E-state index is 12.2. The van der Waals surface area contributed by atoms with Crippen LogP contribution in [-0.4, -0.2) is 54.7 Å². The normalized spacial score (nSPS) is 24.8. The van der Waals surface area contributed by atoms with Crippen molar-refractivity contribution in [2.24, 2.45) is 0 Å². The first-order valence-electron chi connectivity index (χ1n) is 7.66. The third kappa shape index (κ3) is 4.10. The van der Waals surface area contributed by atoms with E-state index in [2.05, 4.69) is 10.2 Å². The van der Waals surface area contributed by atoms with Crippen molar-refractivity contribution < 1.29 is 18.0 Å². The minimum Gasteiger partial charge on any atom is -0.346 e. The van der Waals surface area contributed by atoms with Crippen molar-refractivity contribution in [3.63, 3.8) is 0 Å². The maximum Gasteiger partial charge on any atom is 0.405 e. The summed E-state index contributed by atoms with van der Waals surface area (Å²) < 4.78 is 36.7. The molecular weight excluding hydrogens is 283 g/mol. The first-order valence-corrected chi connectivity index (χ1v) is 7.66. The lowest BCUT2D eigenvalue weighted by Gasteiger charge is -2.51. The molecule has 1 aliphatic heterocycles. The fourth-order valence-corrected chi connectivity index (χ4v) is 3.61. The van der Waals surface area contributed by atoms with Crippen LogP contribution in [0.2, 0.25) is 0 Å².